The number of hydrogen-bond acceptors (Lipinski definition) is 6. The lowest BCUT2D eigenvalue weighted by Gasteiger charge is -2.37. The van der Waals surface area contributed by atoms with Crippen LogP contribution in [-0.4, -0.2) is 85.4 Å². The minimum Gasteiger partial charge on any atom is -0.485 e. The average Bonchev–Trinajstić information content (AvgIpc) is 3.36. The Morgan fingerprint density at radius 3 is 2.28 bits per heavy atom. The fraction of sp³-hybridized carbons (Fsp3) is 0.385. The monoisotopic (exact) mass is 492 g/mol. The van der Waals surface area contributed by atoms with Gasteiger partial charge in [-0.05, 0) is 42.8 Å². The summed E-state index contributed by atoms with van der Waals surface area (Å²) in [4.78, 5) is 54.9. The Morgan fingerprint density at radius 1 is 0.889 bits per heavy atom. The van der Waals surface area contributed by atoms with E-state index in [-0.39, 0.29) is 36.8 Å². The van der Waals surface area contributed by atoms with Gasteiger partial charge in [-0.3, -0.25) is 19.2 Å². The molecule has 4 amide bonds. The maximum Gasteiger partial charge on any atom is 0.267 e. The molecule has 3 aliphatic rings. The number of fused-ring (bicyclic) bond motifs is 1. The normalized spacial score (nSPS) is 19.3. The molecule has 0 saturated carbocycles. The van der Waals surface area contributed by atoms with Crippen molar-refractivity contribution in [3.8, 4) is 11.5 Å². The first-order valence-corrected chi connectivity index (χ1v) is 12.1. The summed E-state index contributed by atoms with van der Waals surface area (Å²) in [5, 5.41) is 2.66. The van der Waals surface area contributed by atoms with Crippen molar-refractivity contribution in [2.45, 2.75) is 18.9 Å². The third-order valence-corrected chi connectivity index (χ3v) is 6.64. The van der Waals surface area contributed by atoms with Crippen LogP contribution in [-0.2, 0) is 14.4 Å². The molecule has 1 unspecified atom stereocenters. The van der Waals surface area contributed by atoms with Gasteiger partial charge in [0.2, 0.25) is 17.9 Å². The van der Waals surface area contributed by atoms with E-state index in [4.69, 9.17) is 9.47 Å². The Labute approximate surface area is 208 Å². The zero-order valence-corrected chi connectivity index (χ0v) is 19.9. The molecule has 5 rings (SSSR count). The van der Waals surface area contributed by atoms with E-state index in [2.05, 4.69) is 5.32 Å². The molecule has 3 heterocycles. The molecule has 0 spiro atoms. The number of rotatable bonds is 5. The van der Waals surface area contributed by atoms with E-state index in [0.29, 0.717) is 56.2 Å². The predicted octanol–water partition coefficient (Wildman–Crippen LogP) is 1.05. The van der Waals surface area contributed by atoms with E-state index in [1.165, 1.54) is 0 Å². The highest BCUT2D eigenvalue weighted by atomic mass is 16.6. The summed E-state index contributed by atoms with van der Waals surface area (Å²) >= 11 is 0. The molecule has 0 aliphatic carbocycles. The lowest BCUT2D eigenvalue weighted by Crippen LogP contribution is -2.56. The van der Waals surface area contributed by atoms with E-state index in [9.17, 15) is 19.2 Å². The van der Waals surface area contributed by atoms with E-state index in [0.717, 1.165) is 12.1 Å². The molecule has 0 radical (unpaired) electrons. The molecule has 3 aliphatic heterocycles. The Hall–Kier alpha value is -4.08. The molecular formula is C26H28N4O6. The van der Waals surface area contributed by atoms with Crippen LogP contribution < -0.4 is 19.7 Å². The summed E-state index contributed by atoms with van der Waals surface area (Å²) in [6, 6.07) is 14.0. The van der Waals surface area contributed by atoms with Crippen LogP contribution in [0.5, 0.6) is 11.5 Å². The van der Waals surface area contributed by atoms with Gasteiger partial charge in [0.05, 0.1) is 6.54 Å². The second-order valence-corrected chi connectivity index (χ2v) is 8.95. The van der Waals surface area contributed by atoms with Crippen molar-refractivity contribution >= 4 is 29.3 Å². The first kappa shape index (κ1) is 23.7. The maximum absolute atomic E-state index is 12.9. The van der Waals surface area contributed by atoms with Crippen LogP contribution in [0.1, 0.15) is 23.2 Å². The smallest absolute Gasteiger partial charge is 0.267 e. The lowest BCUT2D eigenvalue weighted by atomic mass is 10.2. The lowest BCUT2D eigenvalue weighted by molar-refractivity contribution is -0.146. The standard InChI is InChI=1S/C26H28N4O6/c31-23-6-3-11-30(23)19-9-7-18(8-10-19)25(33)27-16-24(32)28-12-14-29(15-13-28)26(34)22-17-35-20-4-1-2-5-21(20)36-22/h1-2,4-5,7-10,22H,3,6,11-17H2,(H,27,33). The van der Waals surface area contributed by atoms with Gasteiger partial charge in [-0.15, -0.1) is 0 Å². The molecule has 188 valence electrons. The van der Waals surface area contributed by atoms with E-state index >= 15 is 0 Å². The molecule has 2 fully saturated rings. The number of ether oxygens (including phenoxy) is 2. The number of hydrogen-bond donors (Lipinski definition) is 1. The Bertz CT molecular complexity index is 1160. The number of nitrogens with one attached hydrogen (secondary N) is 1. The zero-order valence-electron chi connectivity index (χ0n) is 19.9. The quantitative estimate of drug-likeness (QED) is 0.669. The highest BCUT2D eigenvalue weighted by Crippen LogP contribution is 2.31. The van der Waals surface area contributed by atoms with E-state index in [1.807, 2.05) is 12.1 Å². The summed E-state index contributed by atoms with van der Waals surface area (Å²) in [5.41, 5.74) is 1.19. The third-order valence-electron chi connectivity index (χ3n) is 6.64. The van der Waals surface area contributed by atoms with E-state index in [1.54, 1.807) is 51.1 Å². The van der Waals surface area contributed by atoms with Crippen LogP contribution >= 0.6 is 0 Å². The highest BCUT2D eigenvalue weighted by molar-refractivity contribution is 5.98. The number of nitrogens with zero attached hydrogens (tertiary/aromatic N) is 3. The Balaban J connectivity index is 1.07. The van der Waals surface area contributed by atoms with Crippen molar-refractivity contribution < 1.29 is 28.7 Å². The van der Waals surface area contributed by atoms with Crippen LogP contribution in [0.25, 0.3) is 0 Å². The fourth-order valence-corrected chi connectivity index (χ4v) is 4.60. The Kier molecular flexibility index (Phi) is 6.75. The third kappa shape index (κ3) is 4.98. The summed E-state index contributed by atoms with van der Waals surface area (Å²) in [6.45, 7) is 2.23. The summed E-state index contributed by atoms with van der Waals surface area (Å²) in [6.07, 6.45) is 0.670. The minimum atomic E-state index is -0.712. The van der Waals surface area contributed by atoms with Crippen molar-refractivity contribution in [2.24, 2.45) is 0 Å². The van der Waals surface area contributed by atoms with Crippen molar-refractivity contribution in [1.82, 2.24) is 15.1 Å². The first-order chi connectivity index (χ1) is 17.5. The van der Waals surface area contributed by atoms with Crippen molar-refractivity contribution in [2.75, 3.05) is 50.8 Å². The minimum absolute atomic E-state index is 0.0875. The first-order valence-electron chi connectivity index (χ1n) is 12.1. The van der Waals surface area contributed by atoms with Crippen molar-refractivity contribution in [3.05, 3.63) is 54.1 Å². The number of benzene rings is 2. The second kappa shape index (κ2) is 10.3. The van der Waals surface area contributed by atoms with Gasteiger partial charge in [-0.1, -0.05) is 12.1 Å². The molecule has 2 saturated heterocycles. The molecular weight excluding hydrogens is 464 g/mol. The maximum atomic E-state index is 12.9. The van der Waals surface area contributed by atoms with Gasteiger partial charge >= 0.3 is 0 Å². The van der Waals surface area contributed by atoms with Crippen LogP contribution in [0, 0.1) is 0 Å². The number of piperazine rings is 1. The molecule has 36 heavy (non-hydrogen) atoms. The molecule has 0 bridgehead atoms. The summed E-state index contributed by atoms with van der Waals surface area (Å²) in [5.74, 6) is 0.531. The molecule has 1 atom stereocenters. The van der Waals surface area contributed by atoms with Crippen LogP contribution in [0.2, 0.25) is 0 Å². The average molecular weight is 493 g/mol. The van der Waals surface area contributed by atoms with Gasteiger partial charge in [0.15, 0.2) is 11.5 Å². The number of amides is 4. The molecule has 10 nitrogen and oxygen atoms in total. The van der Waals surface area contributed by atoms with Crippen molar-refractivity contribution in [3.63, 3.8) is 0 Å². The Morgan fingerprint density at radius 2 is 1.58 bits per heavy atom. The second-order valence-electron chi connectivity index (χ2n) is 8.95. The largest absolute Gasteiger partial charge is 0.485 e. The van der Waals surface area contributed by atoms with Gasteiger partial charge in [0.25, 0.3) is 11.8 Å². The molecule has 10 heteroatoms. The fourth-order valence-electron chi connectivity index (χ4n) is 4.60. The molecule has 1 N–H and O–H groups in total. The molecule has 2 aromatic rings. The van der Waals surface area contributed by atoms with Crippen LogP contribution in [0.15, 0.2) is 48.5 Å². The van der Waals surface area contributed by atoms with E-state index < -0.39 is 6.10 Å². The number of para-hydroxylation sites is 2. The topological polar surface area (TPSA) is 108 Å². The van der Waals surface area contributed by atoms with Crippen molar-refractivity contribution in [1.29, 1.82) is 0 Å². The predicted molar refractivity (Wildman–Crippen MR) is 130 cm³/mol. The zero-order chi connectivity index (χ0) is 25.1. The van der Waals surface area contributed by atoms with Crippen LogP contribution in [0.4, 0.5) is 5.69 Å². The molecule has 0 aromatic heterocycles. The van der Waals surface area contributed by atoms with Gasteiger partial charge < -0.3 is 29.5 Å². The summed E-state index contributed by atoms with van der Waals surface area (Å²) in [7, 11) is 0. The number of anilines is 1. The number of carbonyl (C=O) groups is 4. The van der Waals surface area contributed by atoms with Crippen LogP contribution in [0.3, 0.4) is 0 Å². The molecule has 2 aromatic carbocycles. The van der Waals surface area contributed by atoms with Gasteiger partial charge in [0.1, 0.15) is 6.61 Å². The number of carbonyl (C=O) groups excluding carboxylic acids is 4. The highest BCUT2D eigenvalue weighted by Gasteiger charge is 2.33. The van der Waals surface area contributed by atoms with Gasteiger partial charge in [0, 0.05) is 50.4 Å². The van der Waals surface area contributed by atoms with Gasteiger partial charge in [-0.2, -0.15) is 0 Å². The SMILES string of the molecule is O=C(NCC(=O)N1CCN(C(=O)C2COc3ccccc3O2)CC1)c1ccc(N2CCCC2=O)cc1. The van der Waals surface area contributed by atoms with Gasteiger partial charge in [-0.25, -0.2) is 0 Å². The summed E-state index contributed by atoms with van der Waals surface area (Å²) < 4.78 is 11.4.